The first-order valence-electron chi connectivity index (χ1n) is 8.70. The summed E-state index contributed by atoms with van der Waals surface area (Å²) in [6, 6.07) is 10.1. The molecule has 0 bridgehead atoms. The highest BCUT2D eigenvalue weighted by atomic mass is 32.2. The molecule has 9 heteroatoms. The second kappa shape index (κ2) is 9.19. The summed E-state index contributed by atoms with van der Waals surface area (Å²) in [7, 11) is 5.84. The number of hydrogen-bond acceptors (Lipinski definition) is 8. The summed E-state index contributed by atoms with van der Waals surface area (Å²) < 4.78 is 21.2. The number of esters is 1. The quantitative estimate of drug-likeness (QED) is 0.377. The van der Waals surface area contributed by atoms with E-state index in [0.29, 0.717) is 37.7 Å². The lowest BCUT2D eigenvalue weighted by Crippen LogP contribution is -2.29. The number of carbonyl (C=O) groups is 2. The van der Waals surface area contributed by atoms with Crippen molar-refractivity contribution in [3.8, 4) is 17.2 Å². The fourth-order valence-corrected chi connectivity index (χ4v) is 4.25. The van der Waals surface area contributed by atoms with Gasteiger partial charge in [0.2, 0.25) is 5.75 Å². The third-order valence-electron chi connectivity index (χ3n) is 4.33. The van der Waals surface area contributed by atoms with Gasteiger partial charge >= 0.3 is 5.97 Å². The molecule has 0 N–H and O–H groups in total. The topological polar surface area (TPSA) is 74.3 Å². The van der Waals surface area contributed by atoms with Crippen molar-refractivity contribution in [3.05, 3.63) is 52.4 Å². The predicted molar refractivity (Wildman–Crippen MR) is 120 cm³/mol. The average Bonchev–Trinajstić information content (AvgIpc) is 3.04. The van der Waals surface area contributed by atoms with Crippen LogP contribution in [-0.4, -0.2) is 44.6 Å². The Morgan fingerprint density at radius 1 is 1.03 bits per heavy atom. The zero-order valence-corrected chi connectivity index (χ0v) is 18.4. The van der Waals surface area contributed by atoms with Crippen LogP contribution in [0.2, 0.25) is 0 Å². The Kier molecular flexibility index (Phi) is 6.63. The first-order chi connectivity index (χ1) is 14.4. The second-order valence-corrected chi connectivity index (χ2v) is 7.66. The minimum atomic E-state index is -0.548. The van der Waals surface area contributed by atoms with Gasteiger partial charge in [-0.15, -0.1) is 0 Å². The van der Waals surface area contributed by atoms with E-state index < -0.39 is 5.97 Å². The smallest absolute Gasteiger partial charge is 0.339 e. The van der Waals surface area contributed by atoms with Gasteiger partial charge in [0.25, 0.3) is 5.91 Å². The number of hydrogen-bond donors (Lipinski definition) is 0. The summed E-state index contributed by atoms with van der Waals surface area (Å²) in [5.74, 6) is 0.504. The van der Waals surface area contributed by atoms with Crippen LogP contribution in [0.3, 0.4) is 0 Å². The number of thioether (sulfide) groups is 1. The number of benzene rings is 2. The zero-order valence-electron chi connectivity index (χ0n) is 16.8. The molecule has 0 aliphatic carbocycles. The van der Waals surface area contributed by atoms with Crippen molar-refractivity contribution < 1.29 is 28.5 Å². The standard InChI is InChI=1S/C21H19NO6S2/c1-25-15-9-12(10-16(26-2)18(15)27-3)11-17-19(23)22(21(29)30-17)14-8-6-5-7-13(14)20(24)28-4/h5-11H,1-4H3/b17-11-. The van der Waals surface area contributed by atoms with Gasteiger partial charge in [-0.3, -0.25) is 9.69 Å². The lowest BCUT2D eigenvalue weighted by atomic mass is 10.1. The molecule has 0 spiro atoms. The Hall–Kier alpha value is -3.04. The van der Waals surface area contributed by atoms with Gasteiger partial charge in [0, 0.05) is 0 Å². The van der Waals surface area contributed by atoms with E-state index >= 15 is 0 Å². The lowest BCUT2D eigenvalue weighted by Gasteiger charge is -2.17. The number of rotatable bonds is 6. The fraction of sp³-hybridized carbons (Fsp3) is 0.190. The van der Waals surface area contributed by atoms with E-state index in [0.717, 1.165) is 11.8 Å². The number of ether oxygens (including phenoxy) is 4. The molecule has 1 aliphatic rings. The van der Waals surface area contributed by atoms with Crippen molar-refractivity contribution >= 4 is 51.9 Å². The molecule has 0 atom stereocenters. The van der Waals surface area contributed by atoms with E-state index in [-0.39, 0.29) is 11.5 Å². The van der Waals surface area contributed by atoms with Gasteiger partial charge in [-0.2, -0.15) is 0 Å². The van der Waals surface area contributed by atoms with Crippen LogP contribution >= 0.6 is 24.0 Å². The maximum absolute atomic E-state index is 13.1. The Morgan fingerprint density at radius 3 is 2.23 bits per heavy atom. The number of amides is 1. The van der Waals surface area contributed by atoms with Crippen LogP contribution in [0.25, 0.3) is 6.08 Å². The Bertz CT molecular complexity index is 1020. The molecule has 1 amide bonds. The van der Waals surface area contributed by atoms with Gasteiger partial charge in [0.05, 0.1) is 44.6 Å². The van der Waals surface area contributed by atoms with E-state index in [9.17, 15) is 9.59 Å². The van der Waals surface area contributed by atoms with Gasteiger partial charge in [-0.05, 0) is 35.9 Å². The van der Waals surface area contributed by atoms with Crippen molar-refractivity contribution in [1.29, 1.82) is 0 Å². The molecule has 30 heavy (non-hydrogen) atoms. The van der Waals surface area contributed by atoms with Gasteiger partial charge in [-0.1, -0.05) is 36.1 Å². The number of carbonyl (C=O) groups excluding carboxylic acids is 2. The summed E-state index contributed by atoms with van der Waals surface area (Å²) in [5, 5.41) is 0. The number of nitrogens with zero attached hydrogens (tertiary/aromatic N) is 1. The summed E-state index contributed by atoms with van der Waals surface area (Å²) >= 11 is 6.56. The number of para-hydroxylation sites is 1. The largest absolute Gasteiger partial charge is 0.493 e. The maximum atomic E-state index is 13.1. The molecule has 0 unspecified atom stereocenters. The van der Waals surface area contributed by atoms with Crippen LogP contribution in [0, 0.1) is 0 Å². The molecule has 2 aromatic carbocycles. The molecule has 0 aromatic heterocycles. The monoisotopic (exact) mass is 445 g/mol. The highest BCUT2D eigenvalue weighted by Gasteiger charge is 2.35. The van der Waals surface area contributed by atoms with Crippen molar-refractivity contribution in [2.75, 3.05) is 33.3 Å². The van der Waals surface area contributed by atoms with Crippen molar-refractivity contribution in [2.24, 2.45) is 0 Å². The van der Waals surface area contributed by atoms with Gasteiger partial charge in [0.15, 0.2) is 15.8 Å². The average molecular weight is 446 g/mol. The van der Waals surface area contributed by atoms with E-state index in [4.69, 9.17) is 31.2 Å². The highest BCUT2D eigenvalue weighted by molar-refractivity contribution is 8.27. The Labute approximate surface area is 183 Å². The van der Waals surface area contributed by atoms with Crippen molar-refractivity contribution in [2.45, 2.75) is 0 Å². The minimum Gasteiger partial charge on any atom is -0.493 e. The predicted octanol–water partition coefficient (Wildman–Crippen LogP) is 3.90. The highest BCUT2D eigenvalue weighted by Crippen LogP contribution is 2.41. The van der Waals surface area contributed by atoms with Crippen molar-refractivity contribution in [3.63, 3.8) is 0 Å². The lowest BCUT2D eigenvalue weighted by molar-refractivity contribution is -0.113. The fourth-order valence-electron chi connectivity index (χ4n) is 2.96. The molecule has 1 aliphatic heterocycles. The third-order valence-corrected chi connectivity index (χ3v) is 5.63. The molecule has 2 aromatic rings. The number of anilines is 1. The van der Waals surface area contributed by atoms with Gasteiger partial charge in [-0.25, -0.2) is 4.79 Å². The minimum absolute atomic E-state index is 0.255. The summed E-state index contributed by atoms with van der Waals surface area (Å²) in [6.07, 6.45) is 1.69. The molecule has 3 rings (SSSR count). The Balaban J connectivity index is 2.02. The van der Waals surface area contributed by atoms with Crippen molar-refractivity contribution in [1.82, 2.24) is 0 Å². The number of thiocarbonyl (C=S) groups is 1. The van der Waals surface area contributed by atoms with Crippen LogP contribution in [0.1, 0.15) is 15.9 Å². The van der Waals surface area contributed by atoms with Crippen LogP contribution in [0.4, 0.5) is 5.69 Å². The molecular weight excluding hydrogens is 426 g/mol. The molecule has 7 nitrogen and oxygen atoms in total. The molecule has 156 valence electrons. The maximum Gasteiger partial charge on any atom is 0.339 e. The van der Waals surface area contributed by atoms with E-state index in [1.165, 1.54) is 33.3 Å². The van der Waals surface area contributed by atoms with Crippen LogP contribution in [0.15, 0.2) is 41.3 Å². The van der Waals surface area contributed by atoms with Gasteiger partial charge < -0.3 is 18.9 Å². The van der Waals surface area contributed by atoms with E-state index in [2.05, 4.69) is 0 Å². The first kappa shape index (κ1) is 21.7. The Morgan fingerprint density at radius 2 is 1.67 bits per heavy atom. The molecule has 1 saturated heterocycles. The normalized spacial score (nSPS) is 14.8. The summed E-state index contributed by atoms with van der Waals surface area (Å²) in [6.45, 7) is 0. The molecular formula is C21H19NO6S2. The van der Waals surface area contributed by atoms with Crippen LogP contribution in [-0.2, 0) is 9.53 Å². The first-order valence-corrected chi connectivity index (χ1v) is 9.93. The molecule has 0 radical (unpaired) electrons. The molecule has 1 heterocycles. The third kappa shape index (κ3) is 3.99. The van der Waals surface area contributed by atoms with Crippen LogP contribution in [0.5, 0.6) is 17.2 Å². The SMILES string of the molecule is COC(=O)c1ccccc1N1C(=O)/C(=C/c2cc(OC)c(OC)c(OC)c2)SC1=S. The number of methoxy groups -OCH3 is 4. The van der Waals surface area contributed by atoms with Crippen LogP contribution < -0.4 is 19.1 Å². The second-order valence-electron chi connectivity index (χ2n) is 5.98. The van der Waals surface area contributed by atoms with E-state index in [1.54, 1.807) is 42.5 Å². The van der Waals surface area contributed by atoms with E-state index in [1.807, 2.05) is 0 Å². The van der Waals surface area contributed by atoms with Gasteiger partial charge in [0.1, 0.15) is 0 Å². The summed E-state index contributed by atoms with van der Waals surface area (Å²) in [5.41, 5.74) is 1.30. The summed E-state index contributed by atoms with van der Waals surface area (Å²) in [4.78, 5) is 27.0. The zero-order chi connectivity index (χ0) is 21.8. The molecule has 1 fully saturated rings. The molecule has 0 saturated carbocycles.